The molecule has 2 amide bonds. The molecule has 6 nitrogen and oxygen atoms in total. The van der Waals surface area contributed by atoms with E-state index in [9.17, 15) is 9.59 Å². The largest absolute Gasteiger partial charge is 0.497 e. The summed E-state index contributed by atoms with van der Waals surface area (Å²) < 4.78 is 10.8. The second kappa shape index (κ2) is 11.7. The normalized spacial score (nSPS) is 11.5. The predicted octanol–water partition coefficient (Wildman–Crippen LogP) is 4.32. The lowest BCUT2D eigenvalue weighted by molar-refractivity contribution is -0.142. The Morgan fingerprint density at radius 2 is 1.73 bits per heavy atom. The summed E-state index contributed by atoms with van der Waals surface area (Å²) in [6, 6.07) is 11.3. The van der Waals surface area contributed by atoms with Gasteiger partial charge in [-0.3, -0.25) is 9.59 Å². The van der Waals surface area contributed by atoms with E-state index in [0.717, 1.165) is 0 Å². The molecule has 0 saturated heterocycles. The van der Waals surface area contributed by atoms with Gasteiger partial charge < -0.3 is 19.7 Å². The summed E-state index contributed by atoms with van der Waals surface area (Å²) >= 11 is 12.3. The number of ether oxygens (including phenoxy) is 2. The van der Waals surface area contributed by atoms with Crippen molar-refractivity contribution in [1.29, 1.82) is 0 Å². The molecule has 1 N–H and O–H groups in total. The highest BCUT2D eigenvalue weighted by molar-refractivity contribution is 6.35. The first kappa shape index (κ1) is 23.8. The number of hydrogen-bond donors (Lipinski definition) is 1. The van der Waals surface area contributed by atoms with Crippen molar-refractivity contribution in [2.45, 2.75) is 32.9 Å². The van der Waals surface area contributed by atoms with Crippen LogP contribution in [0, 0.1) is 0 Å². The smallest absolute Gasteiger partial charge is 0.261 e. The Balaban J connectivity index is 2.21. The monoisotopic (exact) mass is 452 g/mol. The lowest BCUT2D eigenvalue weighted by Crippen LogP contribution is -2.50. The van der Waals surface area contributed by atoms with E-state index in [1.54, 1.807) is 49.6 Å². The number of hydrogen-bond acceptors (Lipinski definition) is 4. The van der Waals surface area contributed by atoms with Crippen molar-refractivity contribution in [2.75, 3.05) is 20.3 Å². The van der Waals surface area contributed by atoms with Crippen molar-refractivity contribution in [1.82, 2.24) is 10.2 Å². The van der Waals surface area contributed by atoms with Crippen LogP contribution in [-0.4, -0.2) is 43.0 Å². The van der Waals surface area contributed by atoms with Gasteiger partial charge in [0.1, 0.15) is 17.5 Å². The fraction of sp³-hybridized carbons (Fsp3) is 0.364. The third kappa shape index (κ3) is 6.54. The molecule has 0 heterocycles. The summed E-state index contributed by atoms with van der Waals surface area (Å²) in [5.74, 6) is 0.674. The highest BCUT2D eigenvalue weighted by atomic mass is 35.5. The molecule has 0 aromatic heterocycles. The maximum atomic E-state index is 13.1. The van der Waals surface area contributed by atoms with Crippen LogP contribution in [0.2, 0.25) is 10.0 Å². The van der Waals surface area contributed by atoms with Gasteiger partial charge in [0, 0.05) is 23.1 Å². The predicted molar refractivity (Wildman–Crippen MR) is 118 cm³/mol. The molecular formula is C22H26Cl2N2O4. The molecule has 0 radical (unpaired) electrons. The maximum absolute atomic E-state index is 13.1. The Hall–Kier alpha value is -2.44. The number of nitrogens with one attached hydrogen (secondary N) is 1. The van der Waals surface area contributed by atoms with Gasteiger partial charge in [-0.15, -0.1) is 0 Å². The summed E-state index contributed by atoms with van der Waals surface area (Å²) in [6.45, 7) is 4.11. The molecule has 8 heteroatoms. The molecule has 0 unspecified atom stereocenters. The maximum Gasteiger partial charge on any atom is 0.261 e. The van der Waals surface area contributed by atoms with E-state index < -0.39 is 6.04 Å². The van der Waals surface area contributed by atoms with E-state index in [1.807, 2.05) is 13.8 Å². The number of benzene rings is 2. The van der Waals surface area contributed by atoms with Gasteiger partial charge in [0.05, 0.1) is 7.11 Å². The van der Waals surface area contributed by atoms with E-state index in [0.29, 0.717) is 40.1 Å². The first-order valence-corrected chi connectivity index (χ1v) is 10.4. The molecule has 0 saturated carbocycles. The zero-order valence-electron chi connectivity index (χ0n) is 17.3. The molecule has 2 rings (SSSR count). The number of likely N-dealkylation sites (N-methyl/N-ethyl adjacent to an activating group) is 1. The quantitative estimate of drug-likeness (QED) is 0.582. The number of carbonyl (C=O) groups excluding carboxylic acids is 2. The highest BCUT2D eigenvalue weighted by Crippen LogP contribution is 2.24. The van der Waals surface area contributed by atoms with Crippen molar-refractivity contribution < 1.29 is 19.1 Å². The van der Waals surface area contributed by atoms with Gasteiger partial charge in [0.15, 0.2) is 6.61 Å². The summed E-state index contributed by atoms with van der Waals surface area (Å²) in [5.41, 5.74) is 0.696. The first-order valence-electron chi connectivity index (χ1n) is 9.67. The van der Waals surface area contributed by atoms with E-state index >= 15 is 0 Å². The second-order valence-corrected chi connectivity index (χ2v) is 7.38. The lowest BCUT2D eigenvalue weighted by Gasteiger charge is -2.30. The van der Waals surface area contributed by atoms with Crippen molar-refractivity contribution in [3.05, 3.63) is 58.1 Å². The molecule has 0 fully saturated rings. The highest BCUT2D eigenvalue weighted by Gasteiger charge is 2.29. The van der Waals surface area contributed by atoms with Crippen molar-refractivity contribution in [3.8, 4) is 11.5 Å². The Bertz CT molecular complexity index is 859. The molecule has 0 bridgehead atoms. The van der Waals surface area contributed by atoms with Crippen LogP contribution in [0.15, 0.2) is 42.5 Å². The third-order valence-electron chi connectivity index (χ3n) is 4.51. The standard InChI is InChI=1S/C22H26Cl2N2O4/c1-4-20(22(28)25-5-2)26(13-15-6-7-16(23)12-19(15)24)21(27)14-30-18-10-8-17(29-3)9-11-18/h6-12,20H,4-5,13-14H2,1-3H3,(H,25,28)/t20-/m0/s1. The number of methoxy groups -OCH3 is 1. The Morgan fingerprint density at radius 1 is 1.07 bits per heavy atom. The first-order chi connectivity index (χ1) is 14.4. The fourth-order valence-corrected chi connectivity index (χ4v) is 3.41. The summed E-state index contributed by atoms with van der Waals surface area (Å²) in [6.07, 6.45) is 0.450. The minimum absolute atomic E-state index is 0.163. The number of rotatable bonds is 10. The van der Waals surface area contributed by atoms with Gasteiger partial charge in [-0.1, -0.05) is 36.2 Å². The van der Waals surface area contributed by atoms with Crippen LogP contribution in [0.1, 0.15) is 25.8 Å². The summed E-state index contributed by atoms with van der Waals surface area (Å²) in [5, 5.41) is 3.72. The number of amides is 2. The molecule has 0 aliphatic rings. The number of carbonyl (C=O) groups is 2. The molecule has 1 atom stereocenters. The average Bonchev–Trinajstić information content (AvgIpc) is 2.74. The van der Waals surface area contributed by atoms with Gasteiger partial charge in [-0.05, 0) is 55.3 Å². The number of nitrogens with zero attached hydrogens (tertiary/aromatic N) is 1. The van der Waals surface area contributed by atoms with Crippen LogP contribution in [0.3, 0.4) is 0 Å². The van der Waals surface area contributed by atoms with E-state index in [4.69, 9.17) is 32.7 Å². The molecule has 2 aromatic carbocycles. The van der Waals surface area contributed by atoms with Gasteiger partial charge >= 0.3 is 0 Å². The molecule has 30 heavy (non-hydrogen) atoms. The zero-order chi connectivity index (χ0) is 22.1. The fourth-order valence-electron chi connectivity index (χ4n) is 2.94. The van der Waals surface area contributed by atoms with Crippen LogP contribution in [0.25, 0.3) is 0 Å². The topological polar surface area (TPSA) is 67.9 Å². The third-order valence-corrected chi connectivity index (χ3v) is 5.10. The molecule has 0 spiro atoms. The van der Waals surface area contributed by atoms with Crippen LogP contribution in [0.4, 0.5) is 0 Å². The summed E-state index contributed by atoms with van der Waals surface area (Å²) in [7, 11) is 1.57. The van der Waals surface area contributed by atoms with E-state index in [2.05, 4.69) is 5.32 Å². The Labute approximate surface area is 187 Å². The number of halogens is 2. The van der Waals surface area contributed by atoms with E-state index in [1.165, 1.54) is 4.90 Å². The molecule has 162 valence electrons. The minimum atomic E-state index is -0.649. The van der Waals surface area contributed by atoms with E-state index in [-0.39, 0.29) is 25.0 Å². The van der Waals surface area contributed by atoms with Gasteiger partial charge in [0.25, 0.3) is 5.91 Å². The van der Waals surface area contributed by atoms with Crippen LogP contribution < -0.4 is 14.8 Å². The molecule has 0 aliphatic heterocycles. The summed E-state index contributed by atoms with van der Waals surface area (Å²) in [4.78, 5) is 27.1. The lowest BCUT2D eigenvalue weighted by atomic mass is 10.1. The van der Waals surface area contributed by atoms with Crippen molar-refractivity contribution >= 4 is 35.0 Å². The van der Waals surface area contributed by atoms with Gasteiger partial charge in [-0.25, -0.2) is 0 Å². The zero-order valence-corrected chi connectivity index (χ0v) is 18.8. The van der Waals surface area contributed by atoms with Crippen LogP contribution >= 0.6 is 23.2 Å². The van der Waals surface area contributed by atoms with Crippen LogP contribution in [0.5, 0.6) is 11.5 Å². The average molecular weight is 453 g/mol. The van der Waals surface area contributed by atoms with Crippen molar-refractivity contribution in [3.63, 3.8) is 0 Å². The minimum Gasteiger partial charge on any atom is -0.497 e. The second-order valence-electron chi connectivity index (χ2n) is 6.54. The SMILES string of the molecule is CCNC(=O)[C@H](CC)N(Cc1ccc(Cl)cc1Cl)C(=O)COc1ccc(OC)cc1. The Morgan fingerprint density at radius 3 is 2.30 bits per heavy atom. The molecule has 2 aromatic rings. The van der Waals surface area contributed by atoms with Gasteiger partial charge in [-0.2, -0.15) is 0 Å². The Kier molecular flexibility index (Phi) is 9.27. The van der Waals surface area contributed by atoms with Crippen LogP contribution in [-0.2, 0) is 16.1 Å². The molecule has 0 aliphatic carbocycles. The van der Waals surface area contributed by atoms with Crippen molar-refractivity contribution in [2.24, 2.45) is 0 Å². The molecular weight excluding hydrogens is 427 g/mol. The van der Waals surface area contributed by atoms with Gasteiger partial charge in [0.2, 0.25) is 5.91 Å².